The molecule has 0 radical (unpaired) electrons. The van der Waals surface area contributed by atoms with Crippen LogP contribution in [0.2, 0.25) is 0 Å². The lowest BCUT2D eigenvalue weighted by molar-refractivity contribution is 0.462. The quantitative estimate of drug-likeness (QED) is 0.120. The summed E-state index contributed by atoms with van der Waals surface area (Å²) < 4.78 is 14.5. The van der Waals surface area contributed by atoms with Crippen LogP contribution in [-0.4, -0.2) is 13.7 Å². The van der Waals surface area contributed by atoms with Crippen molar-refractivity contribution in [2.75, 3.05) is 0 Å². The molecule has 0 aliphatic carbocycles. The predicted molar refractivity (Wildman–Crippen MR) is 202 cm³/mol. The summed E-state index contributed by atoms with van der Waals surface area (Å²) in [5, 5.41) is 0. The lowest BCUT2D eigenvalue weighted by Gasteiger charge is -2.09. The molecule has 0 bridgehead atoms. The average Bonchev–Trinajstić information content (AvgIpc) is 3.87. The standard InChI is InChI=1S/C37H39N3S5/c1-5-9-13-24(7-3)15-11-17-26-19-30-32(41-26)21-29(43-30)28-23-38-36(37-35(28)39-45-40-37)34-22-33-31(44-34)20-27(42-33)18-12-16-25(8-4)14-10-6-2/h19-25H,5-10,13-16H2,1-4H3. The molecular weight excluding hydrogens is 647 g/mol. The van der Waals surface area contributed by atoms with Gasteiger partial charge in [0, 0.05) is 48.3 Å². The molecule has 0 fully saturated rings. The first-order chi connectivity index (χ1) is 22.1. The molecule has 6 aromatic heterocycles. The molecule has 0 aliphatic rings. The molecule has 2 unspecified atom stereocenters. The van der Waals surface area contributed by atoms with Gasteiger partial charge in [0.1, 0.15) is 16.7 Å². The number of fused-ring (bicyclic) bond motifs is 3. The van der Waals surface area contributed by atoms with Crippen LogP contribution in [-0.2, 0) is 0 Å². The SMILES string of the molecule is CCCCC(CC)CC#Cc1cc2sc(-c3cnc(-c4cc5sc(C#CCC(CC)CCCC)cc5s4)c4nsnc34)cc2s1. The topological polar surface area (TPSA) is 38.7 Å². The van der Waals surface area contributed by atoms with Crippen molar-refractivity contribution in [3.8, 4) is 44.7 Å². The Morgan fingerprint density at radius 1 is 0.644 bits per heavy atom. The van der Waals surface area contributed by atoms with E-state index in [0.29, 0.717) is 5.92 Å². The van der Waals surface area contributed by atoms with Crippen molar-refractivity contribution in [1.82, 2.24) is 13.7 Å². The number of unbranched alkanes of at least 4 members (excludes halogenated alkanes) is 2. The van der Waals surface area contributed by atoms with E-state index < -0.39 is 0 Å². The monoisotopic (exact) mass is 685 g/mol. The van der Waals surface area contributed by atoms with E-state index in [9.17, 15) is 0 Å². The first-order valence-corrected chi connectivity index (χ1v) is 20.3. The Labute approximate surface area is 287 Å². The Kier molecular flexibility index (Phi) is 11.0. The number of nitrogens with zero attached hydrogens (tertiary/aromatic N) is 3. The minimum atomic E-state index is 0.717. The summed E-state index contributed by atoms with van der Waals surface area (Å²) in [6.45, 7) is 9.10. The summed E-state index contributed by atoms with van der Waals surface area (Å²) in [7, 11) is 0. The molecule has 0 N–H and O–H groups in total. The smallest absolute Gasteiger partial charge is 0.132 e. The van der Waals surface area contributed by atoms with Crippen molar-refractivity contribution in [3.05, 3.63) is 40.2 Å². The van der Waals surface area contributed by atoms with Gasteiger partial charge in [0.2, 0.25) is 0 Å². The van der Waals surface area contributed by atoms with Crippen LogP contribution in [0.3, 0.4) is 0 Å². The second kappa shape index (κ2) is 15.3. The third-order valence-corrected chi connectivity index (χ3v) is 13.5. The van der Waals surface area contributed by atoms with E-state index in [1.54, 1.807) is 45.3 Å². The normalized spacial score (nSPS) is 12.8. The van der Waals surface area contributed by atoms with Crippen LogP contribution in [0.1, 0.15) is 102 Å². The summed E-state index contributed by atoms with van der Waals surface area (Å²) in [4.78, 5) is 9.60. The molecule has 6 rings (SSSR count). The van der Waals surface area contributed by atoms with Crippen LogP contribution >= 0.6 is 57.1 Å². The van der Waals surface area contributed by atoms with Crippen LogP contribution in [0, 0.1) is 35.5 Å². The summed E-state index contributed by atoms with van der Waals surface area (Å²) >= 11 is 8.41. The molecule has 232 valence electrons. The van der Waals surface area contributed by atoms with Gasteiger partial charge in [-0.2, -0.15) is 8.75 Å². The third-order valence-electron chi connectivity index (χ3n) is 8.49. The summed E-state index contributed by atoms with van der Waals surface area (Å²) in [5.74, 6) is 15.2. The molecule has 0 spiro atoms. The van der Waals surface area contributed by atoms with E-state index in [4.69, 9.17) is 13.7 Å². The van der Waals surface area contributed by atoms with Crippen molar-refractivity contribution < 1.29 is 0 Å². The number of hydrogen-bond donors (Lipinski definition) is 0. The minimum absolute atomic E-state index is 0.717. The second-order valence-corrected chi connectivity index (χ2v) is 16.6. The first-order valence-electron chi connectivity index (χ1n) is 16.3. The van der Waals surface area contributed by atoms with Crippen molar-refractivity contribution in [2.24, 2.45) is 11.8 Å². The molecular formula is C37H39N3S5. The van der Waals surface area contributed by atoms with Gasteiger partial charge in [-0.3, -0.25) is 4.98 Å². The number of thiophene rings is 4. The van der Waals surface area contributed by atoms with Crippen LogP contribution in [0.5, 0.6) is 0 Å². The van der Waals surface area contributed by atoms with Crippen molar-refractivity contribution >= 4 is 86.9 Å². The summed E-state index contributed by atoms with van der Waals surface area (Å²) in [6, 6.07) is 9.02. The molecule has 0 amide bonds. The first kappa shape index (κ1) is 32.4. The van der Waals surface area contributed by atoms with Gasteiger partial charge in [-0.25, -0.2) is 0 Å². The van der Waals surface area contributed by atoms with Crippen molar-refractivity contribution in [2.45, 2.75) is 91.9 Å². The Morgan fingerprint density at radius 2 is 1.18 bits per heavy atom. The Balaban J connectivity index is 1.19. The maximum absolute atomic E-state index is 4.96. The van der Waals surface area contributed by atoms with E-state index in [2.05, 4.69) is 75.6 Å². The Hall–Kier alpha value is -2.59. The lowest BCUT2D eigenvalue weighted by atomic mass is 9.96. The highest BCUT2D eigenvalue weighted by Crippen LogP contribution is 2.43. The number of pyridine rings is 1. The molecule has 45 heavy (non-hydrogen) atoms. The highest BCUT2D eigenvalue weighted by molar-refractivity contribution is 7.30. The largest absolute Gasteiger partial charge is 0.252 e. The summed E-state index contributed by atoms with van der Waals surface area (Å²) in [6.07, 6.45) is 14.1. The van der Waals surface area contributed by atoms with Gasteiger partial charge < -0.3 is 0 Å². The minimum Gasteiger partial charge on any atom is -0.252 e. The van der Waals surface area contributed by atoms with Crippen molar-refractivity contribution in [1.29, 1.82) is 0 Å². The zero-order chi connectivity index (χ0) is 31.2. The van der Waals surface area contributed by atoms with Gasteiger partial charge in [-0.05, 0) is 48.9 Å². The number of hydrogen-bond acceptors (Lipinski definition) is 8. The van der Waals surface area contributed by atoms with Crippen molar-refractivity contribution in [3.63, 3.8) is 0 Å². The zero-order valence-corrected chi connectivity index (χ0v) is 30.6. The van der Waals surface area contributed by atoms with Crippen LogP contribution < -0.4 is 0 Å². The Bertz CT molecular complexity index is 1810. The molecule has 8 heteroatoms. The van der Waals surface area contributed by atoms with Gasteiger partial charge in [0.25, 0.3) is 0 Å². The maximum atomic E-state index is 4.96. The van der Waals surface area contributed by atoms with E-state index in [1.165, 1.54) is 86.8 Å². The summed E-state index contributed by atoms with van der Waals surface area (Å²) in [5.41, 5.74) is 3.81. The zero-order valence-electron chi connectivity index (χ0n) is 26.5. The fraction of sp³-hybridized carbons (Fsp3) is 0.432. The predicted octanol–water partition coefficient (Wildman–Crippen LogP) is 12.9. The fourth-order valence-electron chi connectivity index (χ4n) is 5.63. The maximum Gasteiger partial charge on any atom is 0.132 e. The molecule has 0 saturated carbocycles. The van der Waals surface area contributed by atoms with Gasteiger partial charge >= 0.3 is 0 Å². The molecule has 6 aromatic rings. The van der Waals surface area contributed by atoms with E-state index in [1.807, 2.05) is 6.20 Å². The average molecular weight is 686 g/mol. The van der Waals surface area contributed by atoms with Gasteiger partial charge in [0.05, 0.1) is 26.4 Å². The molecule has 0 aliphatic heterocycles. The Morgan fingerprint density at radius 3 is 1.73 bits per heavy atom. The molecule has 2 atom stereocenters. The van der Waals surface area contributed by atoms with Gasteiger partial charge in [-0.1, -0.05) is 89.9 Å². The van der Waals surface area contributed by atoms with Crippen LogP contribution in [0.15, 0.2) is 30.5 Å². The number of rotatable bonds is 12. The van der Waals surface area contributed by atoms with E-state index in [-0.39, 0.29) is 0 Å². The van der Waals surface area contributed by atoms with Crippen LogP contribution in [0.25, 0.3) is 50.8 Å². The highest BCUT2D eigenvalue weighted by atomic mass is 32.1. The van der Waals surface area contributed by atoms with Gasteiger partial charge in [-0.15, -0.1) is 45.3 Å². The van der Waals surface area contributed by atoms with Crippen LogP contribution in [0.4, 0.5) is 0 Å². The molecule has 0 saturated heterocycles. The second-order valence-electron chi connectivity index (χ2n) is 11.7. The highest BCUT2D eigenvalue weighted by Gasteiger charge is 2.19. The van der Waals surface area contributed by atoms with Gasteiger partial charge in [0.15, 0.2) is 0 Å². The lowest BCUT2D eigenvalue weighted by Crippen LogP contribution is -1.96. The molecule has 3 nitrogen and oxygen atoms in total. The van der Waals surface area contributed by atoms with E-state index >= 15 is 0 Å². The third kappa shape index (κ3) is 7.53. The van der Waals surface area contributed by atoms with E-state index in [0.717, 1.165) is 55.7 Å². The molecule has 0 aromatic carbocycles. The molecule has 6 heterocycles. The number of aromatic nitrogens is 3. The fourth-order valence-corrected chi connectivity index (χ4v) is 10.7.